The van der Waals surface area contributed by atoms with E-state index in [9.17, 15) is 14.4 Å². The van der Waals surface area contributed by atoms with Crippen molar-refractivity contribution >= 4 is 23.6 Å². The number of hydrogen-bond donors (Lipinski definition) is 2. The van der Waals surface area contributed by atoms with Crippen molar-refractivity contribution in [3.63, 3.8) is 0 Å². The Labute approximate surface area is 109 Å². The lowest BCUT2D eigenvalue weighted by atomic mass is 10.1. The predicted molar refractivity (Wildman–Crippen MR) is 65.9 cm³/mol. The van der Waals surface area contributed by atoms with Gasteiger partial charge in [0, 0.05) is 5.69 Å². The fraction of sp³-hybridized carbons (Fsp3) is 0.333. The van der Waals surface area contributed by atoms with Crippen molar-refractivity contribution in [1.29, 1.82) is 0 Å². The summed E-state index contributed by atoms with van der Waals surface area (Å²) in [6.07, 6.45) is 0. The fourth-order valence-electron chi connectivity index (χ4n) is 1.92. The van der Waals surface area contributed by atoms with E-state index in [0.717, 1.165) is 0 Å². The number of aryl methyl sites for hydroxylation is 1. The maximum absolute atomic E-state index is 11.6. The predicted octanol–water partition coefficient (Wildman–Crippen LogP) is -0.0605. The quantitative estimate of drug-likeness (QED) is 0.725. The lowest BCUT2D eigenvalue weighted by Gasteiger charge is -2.32. The summed E-state index contributed by atoms with van der Waals surface area (Å²) < 4.78 is 0. The van der Waals surface area contributed by atoms with Gasteiger partial charge in [-0.25, -0.2) is 9.78 Å². The largest absolute Gasteiger partial charge is 0.478 e. The van der Waals surface area contributed by atoms with Crippen LogP contribution in [0.15, 0.2) is 12.1 Å². The summed E-state index contributed by atoms with van der Waals surface area (Å²) in [5, 5.41) is 11.2. The van der Waals surface area contributed by atoms with E-state index in [2.05, 4.69) is 10.3 Å². The highest BCUT2D eigenvalue weighted by Gasteiger charge is 2.31. The number of aromatic nitrogens is 1. The van der Waals surface area contributed by atoms with Crippen molar-refractivity contribution < 1.29 is 19.5 Å². The van der Waals surface area contributed by atoms with Crippen LogP contribution in [0.1, 0.15) is 23.0 Å². The Balaban J connectivity index is 2.42. The van der Waals surface area contributed by atoms with Crippen LogP contribution in [0.3, 0.4) is 0 Å². The van der Waals surface area contributed by atoms with Crippen molar-refractivity contribution in [2.75, 3.05) is 11.4 Å². The van der Waals surface area contributed by atoms with Crippen LogP contribution in [-0.2, 0) is 9.59 Å². The van der Waals surface area contributed by atoms with Gasteiger partial charge in [-0.15, -0.1) is 0 Å². The number of pyridine rings is 1. The number of imide groups is 1. The number of aromatic carboxylic acids is 1. The number of carbonyl (C=O) groups is 3. The molecular formula is C12H13N3O4. The van der Waals surface area contributed by atoms with Crippen LogP contribution in [0.25, 0.3) is 0 Å². The van der Waals surface area contributed by atoms with Crippen LogP contribution in [0, 0.1) is 6.92 Å². The first kappa shape index (κ1) is 13.0. The van der Waals surface area contributed by atoms with E-state index in [4.69, 9.17) is 5.11 Å². The molecule has 0 saturated carbocycles. The molecule has 7 nitrogen and oxygen atoms in total. The first-order chi connectivity index (χ1) is 8.88. The van der Waals surface area contributed by atoms with Gasteiger partial charge >= 0.3 is 5.97 Å². The number of rotatable bonds is 2. The highest BCUT2D eigenvalue weighted by Crippen LogP contribution is 2.19. The molecule has 1 aromatic heterocycles. The van der Waals surface area contributed by atoms with Gasteiger partial charge in [-0.05, 0) is 26.0 Å². The van der Waals surface area contributed by atoms with Crippen LogP contribution in [0.2, 0.25) is 0 Å². The Morgan fingerprint density at radius 2 is 2.16 bits per heavy atom. The van der Waals surface area contributed by atoms with Gasteiger partial charge < -0.3 is 10.0 Å². The number of carboxylic acids is 1. The SMILES string of the molecule is Cc1cc(C(=O)O)cc(N2CC(=O)NC(=O)C2C)n1. The number of hydrogen-bond acceptors (Lipinski definition) is 5. The maximum Gasteiger partial charge on any atom is 0.335 e. The Bertz CT molecular complexity index is 570. The van der Waals surface area contributed by atoms with Crippen molar-refractivity contribution in [3.8, 4) is 0 Å². The standard InChI is InChI=1S/C12H13N3O4/c1-6-3-8(12(18)19)4-9(13-6)15-5-10(16)14-11(17)7(15)2/h3-4,7H,5H2,1-2H3,(H,18,19)(H,14,16,17). The topological polar surface area (TPSA) is 99.6 Å². The summed E-state index contributed by atoms with van der Waals surface area (Å²) >= 11 is 0. The zero-order valence-electron chi connectivity index (χ0n) is 10.5. The van der Waals surface area contributed by atoms with Gasteiger partial charge in [0.2, 0.25) is 11.8 Å². The van der Waals surface area contributed by atoms with E-state index in [0.29, 0.717) is 11.5 Å². The summed E-state index contributed by atoms with van der Waals surface area (Å²) in [6, 6.07) is 2.22. The molecule has 7 heteroatoms. The van der Waals surface area contributed by atoms with E-state index in [1.54, 1.807) is 13.8 Å². The molecule has 1 aliphatic rings. The molecule has 0 spiro atoms. The molecule has 0 bridgehead atoms. The molecule has 0 aromatic carbocycles. The number of carbonyl (C=O) groups excluding carboxylic acids is 2. The molecule has 2 N–H and O–H groups in total. The molecule has 19 heavy (non-hydrogen) atoms. The summed E-state index contributed by atoms with van der Waals surface area (Å²) in [5.41, 5.74) is 0.591. The van der Waals surface area contributed by atoms with E-state index < -0.39 is 23.8 Å². The van der Waals surface area contributed by atoms with Crippen molar-refractivity contribution in [1.82, 2.24) is 10.3 Å². The second-order valence-electron chi connectivity index (χ2n) is 4.38. The first-order valence-corrected chi connectivity index (χ1v) is 5.71. The third-order valence-electron chi connectivity index (χ3n) is 2.90. The third kappa shape index (κ3) is 2.54. The molecule has 1 saturated heterocycles. The van der Waals surface area contributed by atoms with Crippen molar-refractivity contribution in [2.24, 2.45) is 0 Å². The van der Waals surface area contributed by atoms with Gasteiger partial charge in [0.15, 0.2) is 0 Å². The molecule has 0 aliphatic carbocycles. The highest BCUT2D eigenvalue weighted by atomic mass is 16.4. The van der Waals surface area contributed by atoms with Crippen molar-refractivity contribution in [3.05, 3.63) is 23.4 Å². The molecule has 1 fully saturated rings. The maximum atomic E-state index is 11.6. The van der Waals surface area contributed by atoms with Crippen LogP contribution in [0.5, 0.6) is 0 Å². The Morgan fingerprint density at radius 3 is 2.79 bits per heavy atom. The summed E-state index contributed by atoms with van der Waals surface area (Å²) in [4.78, 5) is 39.6. The van der Waals surface area contributed by atoms with Crippen LogP contribution in [-0.4, -0.2) is 40.5 Å². The minimum Gasteiger partial charge on any atom is -0.478 e. The monoisotopic (exact) mass is 263 g/mol. The number of nitrogens with one attached hydrogen (secondary N) is 1. The Kier molecular flexibility index (Phi) is 3.20. The highest BCUT2D eigenvalue weighted by molar-refractivity contribution is 6.04. The number of nitrogens with zero attached hydrogens (tertiary/aromatic N) is 2. The zero-order valence-corrected chi connectivity index (χ0v) is 10.5. The minimum atomic E-state index is -1.08. The van der Waals surface area contributed by atoms with E-state index >= 15 is 0 Å². The van der Waals surface area contributed by atoms with Gasteiger partial charge in [-0.1, -0.05) is 0 Å². The summed E-state index contributed by atoms with van der Waals surface area (Å²) in [5.74, 6) is -1.61. The van der Waals surface area contributed by atoms with Crippen LogP contribution >= 0.6 is 0 Å². The molecule has 1 aliphatic heterocycles. The Morgan fingerprint density at radius 1 is 1.47 bits per heavy atom. The van der Waals surface area contributed by atoms with Gasteiger partial charge in [0.25, 0.3) is 0 Å². The second-order valence-corrected chi connectivity index (χ2v) is 4.38. The van der Waals surface area contributed by atoms with E-state index in [1.165, 1.54) is 17.0 Å². The molecule has 1 aromatic rings. The molecule has 2 amide bonds. The normalized spacial score (nSPS) is 19.3. The lowest BCUT2D eigenvalue weighted by Crippen LogP contribution is -2.57. The van der Waals surface area contributed by atoms with Gasteiger partial charge in [0.05, 0.1) is 12.1 Å². The van der Waals surface area contributed by atoms with Crippen molar-refractivity contribution in [2.45, 2.75) is 19.9 Å². The molecule has 2 heterocycles. The zero-order chi connectivity index (χ0) is 14.2. The smallest absolute Gasteiger partial charge is 0.335 e. The molecular weight excluding hydrogens is 250 g/mol. The molecule has 1 atom stereocenters. The van der Waals surface area contributed by atoms with Gasteiger partial charge in [-0.2, -0.15) is 0 Å². The molecule has 100 valence electrons. The number of anilines is 1. The third-order valence-corrected chi connectivity index (χ3v) is 2.90. The average molecular weight is 263 g/mol. The molecule has 1 unspecified atom stereocenters. The first-order valence-electron chi connectivity index (χ1n) is 5.71. The fourth-order valence-corrected chi connectivity index (χ4v) is 1.92. The molecule has 0 radical (unpaired) electrons. The summed E-state index contributed by atoms with van der Waals surface area (Å²) in [7, 11) is 0. The lowest BCUT2D eigenvalue weighted by molar-refractivity contribution is -0.132. The van der Waals surface area contributed by atoms with Gasteiger partial charge in [-0.3, -0.25) is 14.9 Å². The van der Waals surface area contributed by atoms with Crippen LogP contribution < -0.4 is 10.2 Å². The van der Waals surface area contributed by atoms with Gasteiger partial charge in [0.1, 0.15) is 11.9 Å². The average Bonchev–Trinajstić information content (AvgIpc) is 2.32. The second kappa shape index (κ2) is 4.68. The number of carboxylic acid groups (broad SMARTS) is 1. The summed E-state index contributed by atoms with van der Waals surface area (Å²) in [6.45, 7) is 3.26. The Hall–Kier alpha value is -2.44. The van der Waals surface area contributed by atoms with E-state index in [-0.39, 0.29) is 12.1 Å². The van der Waals surface area contributed by atoms with Crippen LogP contribution in [0.4, 0.5) is 5.82 Å². The molecule has 2 rings (SSSR count). The minimum absolute atomic E-state index is 0.0254. The number of piperazine rings is 1. The van der Waals surface area contributed by atoms with E-state index in [1.807, 2.05) is 0 Å². The number of amides is 2.